The van der Waals surface area contributed by atoms with Crippen LogP contribution < -0.4 is 4.74 Å². The highest BCUT2D eigenvalue weighted by Crippen LogP contribution is 2.35. The van der Waals surface area contributed by atoms with Crippen molar-refractivity contribution in [3.8, 4) is 5.75 Å². The van der Waals surface area contributed by atoms with E-state index in [0.717, 1.165) is 31.2 Å². The lowest BCUT2D eigenvalue weighted by Crippen LogP contribution is -2.37. The molecular formula is C23H21Br2NO5S. The van der Waals surface area contributed by atoms with Gasteiger partial charge in [0, 0.05) is 14.5 Å². The smallest absolute Gasteiger partial charge is 0.326 e. The molecule has 0 bridgehead atoms. The maximum atomic E-state index is 12.8. The minimum absolute atomic E-state index is 0.213. The molecule has 2 aromatic carbocycles. The van der Waals surface area contributed by atoms with Crippen LogP contribution in [0.25, 0.3) is 6.08 Å². The van der Waals surface area contributed by atoms with Crippen molar-refractivity contribution in [1.82, 2.24) is 4.90 Å². The Morgan fingerprint density at radius 2 is 1.72 bits per heavy atom. The SMILES string of the molecule is CC(C)(C)OC(=O)CN1C(=O)SC(=Cc2cc(Br)ccc2OCc2ccc(Br)cc2)C1=O. The molecule has 1 saturated heterocycles. The predicted octanol–water partition coefficient (Wildman–Crippen LogP) is 6.17. The van der Waals surface area contributed by atoms with Crippen LogP contribution >= 0.6 is 43.6 Å². The van der Waals surface area contributed by atoms with Crippen molar-refractivity contribution < 1.29 is 23.9 Å². The van der Waals surface area contributed by atoms with Crippen molar-refractivity contribution in [2.24, 2.45) is 0 Å². The molecule has 0 radical (unpaired) electrons. The van der Waals surface area contributed by atoms with Crippen LogP contribution in [0.3, 0.4) is 0 Å². The first-order valence-corrected chi connectivity index (χ1v) is 12.1. The zero-order chi connectivity index (χ0) is 23.5. The summed E-state index contributed by atoms with van der Waals surface area (Å²) < 4.78 is 13.0. The molecule has 2 aromatic rings. The van der Waals surface area contributed by atoms with Gasteiger partial charge in [-0.05, 0) is 74.5 Å². The lowest BCUT2D eigenvalue weighted by molar-refractivity contribution is -0.156. The summed E-state index contributed by atoms with van der Waals surface area (Å²) in [4.78, 5) is 38.3. The maximum Gasteiger partial charge on any atom is 0.326 e. The molecule has 168 valence electrons. The Balaban J connectivity index is 1.77. The number of carbonyl (C=O) groups excluding carboxylic acids is 3. The first-order valence-electron chi connectivity index (χ1n) is 9.66. The van der Waals surface area contributed by atoms with Gasteiger partial charge >= 0.3 is 5.97 Å². The van der Waals surface area contributed by atoms with Gasteiger partial charge in [-0.3, -0.25) is 19.3 Å². The fourth-order valence-electron chi connectivity index (χ4n) is 2.79. The average molecular weight is 583 g/mol. The van der Waals surface area contributed by atoms with Gasteiger partial charge < -0.3 is 9.47 Å². The Morgan fingerprint density at radius 3 is 2.38 bits per heavy atom. The second kappa shape index (κ2) is 10.2. The summed E-state index contributed by atoms with van der Waals surface area (Å²) >= 11 is 7.62. The molecule has 9 heteroatoms. The minimum atomic E-state index is -0.702. The number of hydrogen-bond acceptors (Lipinski definition) is 6. The quantitative estimate of drug-likeness (QED) is 0.300. The van der Waals surface area contributed by atoms with Crippen molar-refractivity contribution in [3.05, 3.63) is 67.4 Å². The Labute approximate surface area is 207 Å². The van der Waals surface area contributed by atoms with E-state index in [1.54, 1.807) is 39.0 Å². The van der Waals surface area contributed by atoms with Crippen LogP contribution in [0.4, 0.5) is 4.79 Å². The number of benzene rings is 2. The minimum Gasteiger partial charge on any atom is -0.488 e. The van der Waals surface area contributed by atoms with Gasteiger partial charge in [0.05, 0.1) is 4.91 Å². The van der Waals surface area contributed by atoms with Crippen molar-refractivity contribution in [2.45, 2.75) is 33.0 Å². The molecule has 0 aliphatic carbocycles. The van der Waals surface area contributed by atoms with Crippen LogP contribution in [0.5, 0.6) is 5.75 Å². The number of esters is 1. The van der Waals surface area contributed by atoms with Gasteiger partial charge in [0.25, 0.3) is 11.1 Å². The van der Waals surface area contributed by atoms with Crippen LogP contribution in [0, 0.1) is 0 Å². The van der Waals surface area contributed by atoms with E-state index in [9.17, 15) is 14.4 Å². The molecule has 2 amide bonds. The second-order valence-corrected chi connectivity index (χ2v) is 10.8. The lowest BCUT2D eigenvalue weighted by Gasteiger charge is -2.21. The standard InChI is InChI=1S/C23H21Br2NO5S/c1-23(2,3)31-20(27)12-26-21(28)19(32-22(26)29)11-15-10-17(25)8-9-18(15)30-13-14-4-6-16(24)7-5-14/h4-11H,12-13H2,1-3H3. The van der Waals surface area contributed by atoms with E-state index in [1.807, 2.05) is 30.3 Å². The number of nitrogens with zero attached hydrogens (tertiary/aromatic N) is 1. The van der Waals surface area contributed by atoms with E-state index in [0.29, 0.717) is 17.9 Å². The highest BCUT2D eigenvalue weighted by atomic mass is 79.9. The van der Waals surface area contributed by atoms with Crippen LogP contribution in [0.15, 0.2) is 56.3 Å². The number of amides is 2. The first kappa shape index (κ1) is 24.5. The molecule has 1 aliphatic heterocycles. The zero-order valence-corrected chi connectivity index (χ0v) is 21.7. The van der Waals surface area contributed by atoms with Crippen molar-refractivity contribution in [2.75, 3.05) is 6.54 Å². The summed E-state index contributed by atoms with van der Waals surface area (Å²) in [5, 5.41) is -0.514. The first-order chi connectivity index (χ1) is 15.0. The summed E-state index contributed by atoms with van der Waals surface area (Å²) in [6.07, 6.45) is 1.60. The summed E-state index contributed by atoms with van der Waals surface area (Å²) in [6, 6.07) is 13.2. The van der Waals surface area contributed by atoms with E-state index in [4.69, 9.17) is 9.47 Å². The van der Waals surface area contributed by atoms with E-state index in [2.05, 4.69) is 31.9 Å². The topological polar surface area (TPSA) is 72.9 Å². The lowest BCUT2D eigenvalue weighted by atomic mass is 10.1. The average Bonchev–Trinajstić information content (AvgIpc) is 2.94. The fraction of sp³-hybridized carbons (Fsp3) is 0.261. The monoisotopic (exact) mass is 581 g/mol. The third-order valence-corrected chi connectivity index (χ3v) is 6.08. The molecule has 1 aliphatic rings. The highest BCUT2D eigenvalue weighted by Gasteiger charge is 2.37. The Hall–Kier alpha value is -2.10. The summed E-state index contributed by atoms with van der Waals surface area (Å²) in [7, 11) is 0. The van der Waals surface area contributed by atoms with Crippen LogP contribution in [0.2, 0.25) is 0 Å². The molecule has 32 heavy (non-hydrogen) atoms. The summed E-state index contributed by atoms with van der Waals surface area (Å²) in [6.45, 7) is 5.09. The third kappa shape index (κ3) is 6.70. The van der Waals surface area contributed by atoms with Gasteiger partial charge in [0.2, 0.25) is 0 Å². The molecule has 6 nitrogen and oxygen atoms in total. The van der Waals surface area contributed by atoms with E-state index < -0.39 is 29.3 Å². The molecule has 0 N–H and O–H groups in total. The highest BCUT2D eigenvalue weighted by molar-refractivity contribution is 9.10. The number of hydrogen-bond donors (Lipinski definition) is 0. The van der Waals surface area contributed by atoms with Gasteiger partial charge in [0.15, 0.2) is 0 Å². The fourth-order valence-corrected chi connectivity index (χ4v) is 4.26. The number of imide groups is 1. The largest absolute Gasteiger partial charge is 0.488 e. The normalized spacial score (nSPS) is 15.4. The van der Waals surface area contributed by atoms with Gasteiger partial charge in [-0.25, -0.2) is 0 Å². The van der Waals surface area contributed by atoms with Crippen molar-refractivity contribution >= 4 is 66.8 Å². The van der Waals surface area contributed by atoms with E-state index >= 15 is 0 Å². The van der Waals surface area contributed by atoms with E-state index in [1.165, 1.54) is 0 Å². The number of thioether (sulfide) groups is 1. The summed E-state index contributed by atoms with van der Waals surface area (Å²) in [5.41, 5.74) is 0.922. The third-order valence-electron chi connectivity index (χ3n) is 4.15. The Morgan fingerprint density at radius 1 is 1.06 bits per heavy atom. The zero-order valence-electron chi connectivity index (χ0n) is 17.7. The molecular weight excluding hydrogens is 562 g/mol. The Bertz CT molecular complexity index is 1080. The second-order valence-electron chi connectivity index (χ2n) is 7.95. The number of halogens is 2. The Kier molecular flexibility index (Phi) is 7.84. The molecule has 0 unspecified atom stereocenters. The molecule has 1 heterocycles. The molecule has 0 aromatic heterocycles. The molecule has 0 saturated carbocycles. The van der Waals surface area contributed by atoms with Gasteiger partial charge in [-0.2, -0.15) is 0 Å². The number of carbonyl (C=O) groups is 3. The van der Waals surface area contributed by atoms with Crippen LogP contribution in [-0.2, 0) is 20.9 Å². The van der Waals surface area contributed by atoms with Crippen LogP contribution in [-0.4, -0.2) is 34.2 Å². The van der Waals surface area contributed by atoms with Crippen LogP contribution in [0.1, 0.15) is 31.9 Å². The van der Waals surface area contributed by atoms with Gasteiger partial charge in [0.1, 0.15) is 24.5 Å². The van der Waals surface area contributed by atoms with Gasteiger partial charge in [-0.15, -0.1) is 0 Å². The molecule has 0 atom stereocenters. The molecule has 3 rings (SSSR count). The summed E-state index contributed by atoms with van der Waals surface area (Å²) in [5.74, 6) is -0.609. The van der Waals surface area contributed by atoms with Crippen molar-refractivity contribution in [3.63, 3.8) is 0 Å². The maximum absolute atomic E-state index is 12.8. The van der Waals surface area contributed by atoms with Gasteiger partial charge in [-0.1, -0.05) is 44.0 Å². The number of ether oxygens (including phenoxy) is 2. The predicted molar refractivity (Wildman–Crippen MR) is 131 cm³/mol. The van der Waals surface area contributed by atoms with E-state index in [-0.39, 0.29) is 4.91 Å². The molecule has 1 fully saturated rings. The van der Waals surface area contributed by atoms with Crippen molar-refractivity contribution in [1.29, 1.82) is 0 Å². The number of rotatable bonds is 6. The molecule has 0 spiro atoms.